The van der Waals surface area contributed by atoms with Gasteiger partial charge in [0.2, 0.25) is 5.91 Å². The summed E-state index contributed by atoms with van der Waals surface area (Å²) in [6, 6.07) is 9.80. The number of hydrogen-bond donors (Lipinski definition) is 2. The number of nitrogens with one attached hydrogen (secondary N) is 2. The van der Waals surface area contributed by atoms with Crippen LogP contribution in [0.15, 0.2) is 30.3 Å². The Morgan fingerprint density at radius 3 is 2.85 bits per heavy atom. The van der Waals surface area contributed by atoms with Crippen molar-refractivity contribution in [3.05, 3.63) is 36.2 Å². The molecular formula is C14H18N4OS. The highest BCUT2D eigenvalue weighted by atomic mass is 32.2. The first-order valence-corrected chi connectivity index (χ1v) is 7.76. The standard InChI is InChI=1S/C14H18N4OS/c1-10(20-2)14(19)15-9-8-12-16-13(18-17-12)11-6-4-3-5-7-11/h3-7,10H,8-9H2,1-2H3,(H,15,19)(H,16,17,18)/t10-/m0/s1. The zero-order valence-corrected chi connectivity index (χ0v) is 12.4. The van der Waals surface area contributed by atoms with Gasteiger partial charge >= 0.3 is 0 Å². The van der Waals surface area contributed by atoms with E-state index in [1.165, 1.54) is 11.8 Å². The van der Waals surface area contributed by atoms with Gasteiger partial charge in [-0.15, -0.1) is 0 Å². The number of carbonyl (C=O) groups is 1. The first kappa shape index (κ1) is 14.6. The van der Waals surface area contributed by atoms with Crippen molar-refractivity contribution in [2.75, 3.05) is 12.8 Å². The summed E-state index contributed by atoms with van der Waals surface area (Å²) in [5.41, 5.74) is 0.982. The zero-order chi connectivity index (χ0) is 14.4. The lowest BCUT2D eigenvalue weighted by Gasteiger charge is -2.08. The van der Waals surface area contributed by atoms with Gasteiger partial charge < -0.3 is 5.32 Å². The predicted molar refractivity (Wildman–Crippen MR) is 81.5 cm³/mol. The molecule has 2 aromatic rings. The summed E-state index contributed by atoms with van der Waals surface area (Å²) in [6.45, 7) is 2.45. The Morgan fingerprint density at radius 2 is 2.15 bits per heavy atom. The van der Waals surface area contributed by atoms with Gasteiger partial charge in [-0.1, -0.05) is 30.3 Å². The Hall–Kier alpha value is -1.82. The van der Waals surface area contributed by atoms with Gasteiger partial charge in [0.05, 0.1) is 5.25 Å². The van der Waals surface area contributed by atoms with E-state index in [1.54, 1.807) is 0 Å². The normalized spacial score (nSPS) is 12.1. The molecule has 0 bridgehead atoms. The Bertz CT molecular complexity index is 555. The molecule has 6 heteroatoms. The second-order valence-corrected chi connectivity index (χ2v) is 5.57. The Kier molecular flexibility index (Phi) is 5.17. The highest BCUT2D eigenvalue weighted by molar-refractivity contribution is 7.99. The van der Waals surface area contributed by atoms with E-state index in [0.717, 1.165) is 11.4 Å². The lowest BCUT2D eigenvalue weighted by atomic mass is 10.2. The zero-order valence-electron chi connectivity index (χ0n) is 11.6. The topological polar surface area (TPSA) is 70.7 Å². The Morgan fingerprint density at radius 1 is 1.40 bits per heavy atom. The number of aromatic amines is 1. The number of nitrogens with zero attached hydrogens (tertiary/aromatic N) is 2. The van der Waals surface area contributed by atoms with E-state index in [0.29, 0.717) is 18.8 Å². The molecule has 0 fully saturated rings. The molecule has 1 atom stereocenters. The number of benzene rings is 1. The number of hydrogen-bond acceptors (Lipinski definition) is 4. The van der Waals surface area contributed by atoms with Crippen LogP contribution in [0, 0.1) is 0 Å². The molecular weight excluding hydrogens is 272 g/mol. The van der Waals surface area contributed by atoms with Gasteiger partial charge in [-0.25, -0.2) is 4.98 Å². The number of carbonyl (C=O) groups excluding carboxylic acids is 1. The van der Waals surface area contributed by atoms with Gasteiger partial charge in [-0.2, -0.15) is 16.9 Å². The average Bonchev–Trinajstić information content (AvgIpc) is 2.96. The molecule has 0 saturated heterocycles. The summed E-state index contributed by atoms with van der Waals surface area (Å²) in [5, 5.41) is 9.95. The van der Waals surface area contributed by atoms with Crippen molar-refractivity contribution >= 4 is 17.7 Å². The van der Waals surface area contributed by atoms with E-state index < -0.39 is 0 Å². The van der Waals surface area contributed by atoms with Gasteiger partial charge in [0.25, 0.3) is 0 Å². The third kappa shape index (κ3) is 3.84. The van der Waals surface area contributed by atoms with E-state index in [1.807, 2.05) is 43.5 Å². The maximum absolute atomic E-state index is 11.6. The monoisotopic (exact) mass is 290 g/mol. The Labute approximate surface area is 122 Å². The number of thioether (sulfide) groups is 1. The lowest BCUT2D eigenvalue weighted by molar-refractivity contribution is -0.120. The smallest absolute Gasteiger partial charge is 0.232 e. The molecule has 106 valence electrons. The Balaban J connectivity index is 1.86. The van der Waals surface area contributed by atoms with Crippen LogP contribution in [-0.2, 0) is 11.2 Å². The predicted octanol–water partition coefficient (Wildman–Crippen LogP) is 1.88. The highest BCUT2D eigenvalue weighted by Gasteiger charge is 2.10. The molecule has 5 nitrogen and oxygen atoms in total. The van der Waals surface area contributed by atoms with Crippen LogP contribution in [0.2, 0.25) is 0 Å². The van der Waals surface area contributed by atoms with Crippen molar-refractivity contribution in [2.45, 2.75) is 18.6 Å². The number of amides is 1. The van der Waals surface area contributed by atoms with Crippen molar-refractivity contribution in [1.29, 1.82) is 0 Å². The third-order valence-corrected chi connectivity index (χ3v) is 3.87. The molecule has 2 rings (SSSR count). The summed E-state index contributed by atoms with van der Waals surface area (Å²) in [6.07, 6.45) is 2.57. The number of rotatable bonds is 6. The van der Waals surface area contributed by atoms with Crippen LogP contribution >= 0.6 is 11.8 Å². The summed E-state index contributed by atoms with van der Waals surface area (Å²) >= 11 is 1.53. The van der Waals surface area contributed by atoms with Gasteiger partial charge in [0.1, 0.15) is 5.82 Å². The van der Waals surface area contributed by atoms with Crippen molar-refractivity contribution in [2.24, 2.45) is 0 Å². The molecule has 0 unspecified atom stereocenters. The molecule has 1 aromatic carbocycles. The van der Waals surface area contributed by atoms with Crippen LogP contribution in [0.1, 0.15) is 12.7 Å². The van der Waals surface area contributed by atoms with Crippen molar-refractivity contribution < 1.29 is 4.79 Å². The fourth-order valence-corrected chi connectivity index (χ4v) is 1.98. The fraction of sp³-hybridized carbons (Fsp3) is 0.357. The molecule has 0 aliphatic rings. The van der Waals surface area contributed by atoms with Crippen molar-refractivity contribution in [3.63, 3.8) is 0 Å². The highest BCUT2D eigenvalue weighted by Crippen LogP contribution is 2.13. The summed E-state index contributed by atoms with van der Waals surface area (Å²) < 4.78 is 0. The van der Waals surface area contributed by atoms with Gasteiger partial charge in [0, 0.05) is 18.5 Å². The van der Waals surface area contributed by atoms with Crippen LogP contribution in [-0.4, -0.2) is 39.1 Å². The van der Waals surface area contributed by atoms with E-state index in [2.05, 4.69) is 20.5 Å². The van der Waals surface area contributed by atoms with Crippen LogP contribution < -0.4 is 5.32 Å². The second kappa shape index (κ2) is 7.09. The molecule has 1 aromatic heterocycles. The summed E-state index contributed by atoms with van der Waals surface area (Å²) in [4.78, 5) is 16.0. The van der Waals surface area contributed by atoms with Crippen LogP contribution in [0.4, 0.5) is 0 Å². The molecule has 0 aliphatic heterocycles. The van der Waals surface area contributed by atoms with Crippen molar-refractivity contribution in [1.82, 2.24) is 20.5 Å². The summed E-state index contributed by atoms with van der Waals surface area (Å²) in [5.74, 6) is 1.52. The SMILES string of the molecule is CS[C@@H](C)C(=O)NCCc1nc(-c2ccccc2)n[nH]1. The van der Waals surface area contributed by atoms with E-state index in [4.69, 9.17) is 0 Å². The molecule has 1 heterocycles. The average molecular weight is 290 g/mol. The first-order valence-electron chi connectivity index (χ1n) is 6.48. The first-order chi connectivity index (χ1) is 9.70. The molecule has 0 aliphatic carbocycles. The van der Waals surface area contributed by atoms with E-state index >= 15 is 0 Å². The minimum Gasteiger partial charge on any atom is -0.355 e. The minimum atomic E-state index is -0.0235. The van der Waals surface area contributed by atoms with E-state index in [-0.39, 0.29) is 11.2 Å². The number of aromatic nitrogens is 3. The molecule has 1 amide bonds. The quantitative estimate of drug-likeness (QED) is 0.852. The van der Waals surface area contributed by atoms with Gasteiger partial charge in [0.15, 0.2) is 5.82 Å². The van der Waals surface area contributed by atoms with Crippen LogP contribution in [0.25, 0.3) is 11.4 Å². The van der Waals surface area contributed by atoms with Gasteiger partial charge in [-0.3, -0.25) is 9.89 Å². The van der Waals surface area contributed by atoms with Gasteiger partial charge in [-0.05, 0) is 13.2 Å². The maximum Gasteiger partial charge on any atom is 0.232 e. The molecule has 0 radical (unpaired) electrons. The molecule has 2 N–H and O–H groups in total. The third-order valence-electron chi connectivity index (χ3n) is 2.95. The maximum atomic E-state index is 11.6. The lowest BCUT2D eigenvalue weighted by Crippen LogP contribution is -2.32. The minimum absolute atomic E-state index is 0.0235. The molecule has 0 saturated carbocycles. The molecule has 20 heavy (non-hydrogen) atoms. The largest absolute Gasteiger partial charge is 0.355 e. The van der Waals surface area contributed by atoms with E-state index in [9.17, 15) is 4.79 Å². The van der Waals surface area contributed by atoms with Crippen molar-refractivity contribution in [3.8, 4) is 11.4 Å². The van der Waals surface area contributed by atoms with Crippen LogP contribution in [0.5, 0.6) is 0 Å². The fourth-order valence-electron chi connectivity index (χ4n) is 1.68. The summed E-state index contributed by atoms with van der Waals surface area (Å²) in [7, 11) is 0. The van der Waals surface area contributed by atoms with Crippen LogP contribution in [0.3, 0.4) is 0 Å². The molecule has 0 spiro atoms. The second-order valence-electron chi connectivity index (χ2n) is 4.39. The number of H-pyrrole nitrogens is 1.